The van der Waals surface area contributed by atoms with E-state index in [1.54, 1.807) is 18.2 Å². The fourth-order valence-electron chi connectivity index (χ4n) is 2.62. The lowest BCUT2D eigenvalue weighted by molar-refractivity contribution is 0.516. The van der Waals surface area contributed by atoms with Crippen molar-refractivity contribution in [1.29, 1.82) is 0 Å². The van der Waals surface area contributed by atoms with Gasteiger partial charge in [-0.2, -0.15) is 0 Å². The average Bonchev–Trinajstić information content (AvgIpc) is 2.79. The van der Waals surface area contributed by atoms with Crippen molar-refractivity contribution in [2.24, 2.45) is 11.7 Å². The average molecular weight is 318 g/mol. The highest BCUT2D eigenvalue weighted by Gasteiger charge is 2.26. The third kappa shape index (κ3) is 4.01. The van der Waals surface area contributed by atoms with Gasteiger partial charge >= 0.3 is 0 Å². The van der Waals surface area contributed by atoms with Crippen LogP contribution in [0.2, 0.25) is 5.02 Å². The Hall–Kier alpha value is -0.980. The molecular formula is C13H20ClN3O2S. The lowest BCUT2D eigenvalue weighted by atomic mass is 10.0. The van der Waals surface area contributed by atoms with E-state index in [0.717, 1.165) is 31.2 Å². The summed E-state index contributed by atoms with van der Waals surface area (Å²) in [7, 11) is -3.29. The van der Waals surface area contributed by atoms with E-state index in [2.05, 4.69) is 10.0 Å². The molecule has 5 nitrogen and oxygen atoms in total. The SMILES string of the molecule is CS(=O)(=O)Nc1ccc(Cl)c(NC2CCCC2CN)c1. The minimum Gasteiger partial charge on any atom is -0.381 e. The second kappa shape index (κ2) is 6.20. The van der Waals surface area contributed by atoms with Crippen molar-refractivity contribution in [1.82, 2.24) is 0 Å². The van der Waals surface area contributed by atoms with Crippen LogP contribution in [0.15, 0.2) is 18.2 Å². The van der Waals surface area contributed by atoms with Gasteiger partial charge in [0.15, 0.2) is 0 Å². The van der Waals surface area contributed by atoms with E-state index in [9.17, 15) is 8.42 Å². The molecule has 2 rings (SSSR count). The molecule has 0 radical (unpaired) electrons. The standard InChI is InChI=1S/C13H20ClN3O2S/c1-20(18,19)17-10-5-6-11(14)13(7-10)16-12-4-2-3-9(12)8-15/h5-7,9,12,16-17H,2-4,8,15H2,1H3. The molecule has 1 aliphatic carbocycles. The third-order valence-corrected chi connectivity index (χ3v) is 4.51. The van der Waals surface area contributed by atoms with Crippen molar-refractivity contribution < 1.29 is 8.42 Å². The maximum atomic E-state index is 11.3. The van der Waals surface area contributed by atoms with Gasteiger partial charge in [-0.1, -0.05) is 18.0 Å². The zero-order valence-electron chi connectivity index (χ0n) is 11.4. The van der Waals surface area contributed by atoms with E-state index in [0.29, 0.717) is 29.2 Å². The van der Waals surface area contributed by atoms with Crippen molar-refractivity contribution in [2.75, 3.05) is 22.8 Å². The van der Waals surface area contributed by atoms with E-state index in [1.165, 1.54) is 0 Å². The number of anilines is 2. The number of rotatable bonds is 5. The van der Waals surface area contributed by atoms with Crippen LogP contribution >= 0.6 is 11.6 Å². The number of hydrogen-bond donors (Lipinski definition) is 3. The second-order valence-electron chi connectivity index (χ2n) is 5.25. The van der Waals surface area contributed by atoms with Gasteiger partial charge in [-0.25, -0.2) is 8.42 Å². The molecular weight excluding hydrogens is 298 g/mol. The Morgan fingerprint density at radius 1 is 1.40 bits per heavy atom. The Morgan fingerprint density at radius 2 is 2.15 bits per heavy atom. The molecule has 0 saturated heterocycles. The van der Waals surface area contributed by atoms with Gasteiger partial charge in [0.2, 0.25) is 10.0 Å². The zero-order valence-corrected chi connectivity index (χ0v) is 13.0. The highest BCUT2D eigenvalue weighted by atomic mass is 35.5. The Bertz CT molecular complexity index is 577. The summed E-state index contributed by atoms with van der Waals surface area (Å²) in [5, 5.41) is 3.97. The number of hydrogen-bond acceptors (Lipinski definition) is 4. The van der Waals surface area contributed by atoms with Crippen molar-refractivity contribution >= 4 is 33.0 Å². The van der Waals surface area contributed by atoms with Gasteiger partial charge in [0.05, 0.1) is 22.7 Å². The van der Waals surface area contributed by atoms with E-state index in [1.807, 2.05) is 0 Å². The normalized spacial score (nSPS) is 22.8. The Labute approximate surface area is 124 Å². The number of benzene rings is 1. The maximum Gasteiger partial charge on any atom is 0.229 e. The van der Waals surface area contributed by atoms with Gasteiger partial charge in [0.25, 0.3) is 0 Å². The molecule has 0 amide bonds. The minimum atomic E-state index is -3.29. The van der Waals surface area contributed by atoms with Gasteiger partial charge in [-0.3, -0.25) is 4.72 Å². The van der Waals surface area contributed by atoms with Crippen LogP contribution in [0.3, 0.4) is 0 Å². The molecule has 2 atom stereocenters. The number of nitrogens with one attached hydrogen (secondary N) is 2. The van der Waals surface area contributed by atoms with Crippen molar-refractivity contribution in [3.8, 4) is 0 Å². The van der Waals surface area contributed by atoms with Crippen LogP contribution < -0.4 is 15.8 Å². The fourth-order valence-corrected chi connectivity index (χ4v) is 3.35. The summed E-state index contributed by atoms with van der Waals surface area (Å²) in [6, 6.07) is 5.34. The molecule has 0 bridgehead atoms. The summed E-state index contributed by atoms with van der Waals surface area (Å²) < 4.78 is 25.0. The third-order valence-electron chi connectivity index (χ3n) is 3.57. The molecule has 1 aromatic carbocycles. The monoisotopic (exact) mass is 317 g/mol. The van der Waals surface area contributed by atoms with Gasteiger partial charge in [-0.05, 0) is 43.5 Å². The van der Waals surface area contributed by atoms with Gasteiger partial charge in [0.1, 0.15) is 0 Å². The van der Waals surface area contributed by atoms with Crippen molar-refractivity contribution in [2.45, 2.75) is 25.3 Å². The highest BCUT2D eigenvalue weighted by molar-refractivity contribution is 7.92. The summed E-state index contributed by atoms with van der Waals surface area (Å²) in [5.41, 5.74) is 7.01. The first-order valence-corrected chi connectivity index (χ1v) is 8.90. The summed E-state index contributed by atoms with van der Waals surface area (Å²) in [6.45, 7) is 0.649. The Balaban J connectivity index is 2.16. The molecule has 112 valence electrons. The first-order valence-electron chi connectivity index (χ1n) is 6.63. The van der Waals surface area contributed by atoms with Crippen LogP contribution in [0.25, 0.3) is 0 Å². The Kier molecular flexibility index (Phi) is 4.78. The molecule has 1 aromatic rings. The molecule has 4 N–H and O–H groups in total. The molecule has 0 spiro atoms. The lowest BCUT2D eigenvalue weighted by Gasteiger charge is -2.22. The van der Waals surface area contributed by atoms with Gasteiger partial charge in [0, 0.05) is 6.04 Å². The quantitative estimate of drug-likeness (QED) is 0.777. The molecule has 0 aliphatic heterocycles. The molecule has 20 heavy (non-hydrogen) atoms. The maximum absolute atomic E-state index is 11.3. The highest BCUT2D eigenvalue weighted by Crippen LogP contribution is 2.32. The molecule has 1 fully saturated rings. The first kappa shape index (κ1) is 15.4. The number of nitrogens with two attached hydrogens (primary N) is 1. The zero-order chi connectivity index (χ0) is 14.8. The molecule has 7 heteroatoms. The van der Waals surface area contributed by atoms with E-state index >= 15 is 0 Å². The van der Waals surface area contributed by atoms with E-state index < -0.39 is 10.0 Å². The van der Waals surface area contributed by atoms with Crippen LogP contribution in [0.4, 0.5) is 11.4 Å². The first-order chi connectivity index (χ1) is 9.39. The minimum absolute atomic E-state index is 0.297. The molecule has 0 aromatic heterocycles. The van der Waals surface area contributed by atoms with Crippen LogP contribution in [-0.2, 0) is 10.0 Å². The predicted molar refractivity (Wildman–Crippen MR) is 83.7 cm³/mol. The van der Waals surface area contributed by atoms with E-state index in [-0.39, 0.29) is 0 Å². The number of halogens is 1. The molecule has 1 aliphatic rings. The van der Waals surface area contributed by atoms with Crippen molar-refractivity contribution in [3.05, 3.63) is 23.2 Å². The second-order valence-corrected chi connectivity index (χ2v) is 7.40. The predicted octanol–water partition coefficient (Wildman–Crippen LogP) is 2.25. The topological polar surface area (TPSA) is 84.2 Å². The van der Waals surface area contributed by atoms with E-state index in [4.69, 9.17) is 17.3 Å². The van der Waals surface area contributed by atoms with Crippen LogP contribution in [0.5, 0.6) is 0 Å². The van der Waals surface area contributed by atoms with Gasteiger partial charge < -0.3 is 11.1 Å². The summed E-state index contributed by atoms with van der Waals surface area (Å²) in [6.07, 6.45) is 4.45. The van der Waals surface area contributed by atoms with Crippen LogP contribution in [-0.4, -0.2) is 27.3 Å². The Morgan fingerprint density at radius 3 is 2.80 bits per heavy atom. The van der Waals surface area contributed by atoms with Crippen molar-refractivity contribution in [3.63, 3.8) is 0 Å². The van der Waals surface area contributed by atoms with Crippen LogP contribution in [0.1, 0.15) is 19.3 Å². The lowest BCUT2D eigenvalue weighted by Crippen LogP contribution is -2.29. The van der Waals surface area contributed by atoms with Crippen LogP contribution in [0, 0.1) is 5.92 Å². The number of sulfonamides is 1. The van der Waals surface area contributed by atoms with Gasteiger partial charge in [-0.15, -0.1) is 0 Å². The molecule has 1 saturated carbocycles. The summed E-state index contributed by atoms with van der Waals surface area (Å²) in [5.74, 6) is 0.442. The molecule has 2 unspecified atom stereocenters. The summed E-state index contributed by atoms with van der Waals surface area (Å²) in [4.78, 5) is 0. The molecule has 0 heterocycles. The largest absolute Gasteiger partial charge is 0.381 e. The fraction of sp³-hybridized carbons (Fsp3) is 0.538. The summed E-state index contributed by atoms with van der Waals surface area (Å²) >= 11 is 6.17. The smallest absolute Gasteiger partial charge is 0.229 e.